The number of hydrazine groups is 1. The van der Waals surface area contributed by atoms with Gasteiger partial charge in [-0.2, -0.15) is 6.20 Å². The molecule has 0 spiro atoms. The molecule has 23 heavy (non-hydrogen) atoms. The van der Waals surface area contributed by atoms with E-state index in [2.05, 4.69) is 39.1 Å². The van der Waals surface area contributed by atoms with Gasteiger partial charge in [-0.3, -0.25) is 5.84 Å². The van der Waals surface area contributed by atoms with Gasteiger partial charge in [0.1, 0.15) is 0 Å². The van der Waals surface area contributed by atoms with Gasteiger partial charge in [-0.1, -0.05) is 17.8 Å². The van der Waals surface area contributed by atoms with Gasteiger partial charge in [0.2, 0.25) is 0 Å². The van der Waals surface area contributed by atoms with Gasteiger partial charge in [0.25, 0.3) is 0 Å². The van der Waals surface area contributed by atoms with E-state index in [0.717, 1.165) is 0 Å². The molecular weight excluding hydrogens is 494 g/mol. The molecule has 5 nitrogen and oxygen atoms in total. The summed E-state index contributed by atoms with van der Waals surface area (Å²) in [6, 6.07) is 6.23. The summed E-state index contributed by atoms with van der Waals surface area (Å²) in [5.74, 6) is 4.16. The van der Waals surface area contributed by atoms with Crippen LogP contribution in [-0.4, -0.2) is 36.2 Å². The third-order valence-electron chi connectivity index (χ3n) is 3.98. The van der Waals surface area contributed by atoms with E-state index in [-0.39, 0.29) is 27.9 Å². The van der Waals surface area contributed by atoms with Crippen molar-refractivity contribution in [3.63, 3.8) is 0 Å². The van der Waals surface area contributed by atoms with Crippen LogP contribution in [0.4, 0.5) is 0 Å². The first kappa shape index (κ1) is 24.4. The molecule has 1 aromatic carbocycles. The molecule has 6 N–H and O–H groups in total. The number of nitrogens with two attached hydrogens (primary N) is 2. The molecular formula is C16H28AuN3O2P+. The Morgan fingerprint density at radius 3 is 2.00 bits per heavy atom. The maximum atomic E-state index is 10.6. The number of rotatable bonds is 6. The van der Waals surface area contributed by atoms with Crippen LogP contribution in [0.15, 0.2) is 24.3 Å². The zero-order valence-corrected chi connectivity index (χ0v) is 17.3. The summed E-state index contributed by atoms with van der Waals surface area (Å²) in [6.07, 6.45) is 6.61. The van der Waals surface area contributed by atoms with Gasteiger partial charge < -0.3 is 16.3 Å². The first-order valence-corrected chi connectivity index (χ1v) is 10.1. The molecule has 0 saturated carbocycles. The van der Waals surface area contributed by atoms with Crippen LogP contribution >= 0.6 is 7.26 Å². The van der Waals surface area contributed by atoms with Crippen LogP contribution in [0.1, 0.15) is 36.7 Å². The Bertz CT molecular complexity index is 498. The number of nitrogens with one attached hydrogen (secondary N) is 1. The summed E-state index contributed by atoms with van der Waals surface area (Å²) in [6.45, 7) is 9.43. The summed E-state index contributed by atoms with van der Waals surface area (Å²) < 4.78 is 0. The van der Waals surface area contributed by atoms with Gasteiger partial charge in [0.05, 0.1) is 18.5 Å². The minimum atomic E-state index is -1.000. The van der Waals surface area contributed by atoms with E-state index >= 15 is 0 Å². The number of benzene rings is 1. The molecule has 134 valence electrons. The van der Waals surface area contributed by atoms with Crippen LogP contribution in [0.2, 0.25) is 0 Å². The van der Waals surface area contributed by atoms with Crippen LogP contribution in [0.25, 0.3) is 5.70 Å². The maximum absolute atomic E-state index is 10.6. The quantitative estimate of drug-likeness (QED) is 0.115. The predicted octanol–water partition coefficient (Wildman–Crippen LogP) is 2.60. The molecule has 0 bridgehead atoms. The van der Waals surface area contributed by atoms with Crippen molar-refractivity contribution in [1.82, 2.24) is 5.43 Å². The zero-order valence-electron chi connectivity index (χ0n) is 14.2. The van der Waals surface area contributed by atoms with Gasteiger partial charge >= 0.3 is 28.3 Å². The molecule has 0 unspecified atom stereocenters. The average molecular weight is 522 g/mol. The standard InChI is InChI=1S/C9H10N3O2.C7H18P.Au/c10-5-8(12-11)6-2-1-3-7(4-6)9(13)14;1-5-8(4,6-2)7-3;/h1-4,12H,10-11H2,(H,13,14);5-7H2,1-4H3;/q-1;2*+1. The Hall–Kier alpha value is -0.840. The summed E-state index contributed by atoms with van der Waals surface area (Å²) in [7, 11) is -0.412. The number of carboxylic acids is 1. The van der Waals surface area contributed by atoms with E-state index in [1.165, 1.54) is 30.6 Å². The molecule has 0 atom stereocenters. The zero-order chi connectivity index (χ0) is 17.2. The molecule has 1 rings (SSSR count). The van der Waals surface area contributed by atoms with Crippen LogP contribution in [-0.2, 0) is 22.4 Å². The smallest absolute Gasteiger partial charge is 0.488 e. The second-order valence-corrected chi connectivity index (χ2v) is 10.3. The Balaban J connectivity index is 0. The normalized spacial score (nSPS) is 10.9. The number of carbonyl (C=O) groups is 1. The molecule has 0 amide bonds. The van der Waals surface area contributed by atoms with Gasteiger partial charge in [-0.15, -0.1) is 17.7 Å². The molecule has 0 aromatic heterocycles. The number of hydrogen-bond acceptors (Lipinski definition) is 4. The van der Waals surface area contributed by atoms with Crippen molar-refractivity contribution >= 4 is 18.9 Å². The molecule has 0 fully saturated rings. The number of hydrogen-bond donors (Lipinski definition) is 4. The van der Waals surface area contributed by atoms with Crippen molar-refractivity contribution in [2.24, 2.45) is 11.6 Å². The number of aromatic carboxylic acids is 1. The minimum Gasteiger partial charge on any atom is -0.488 e. The Morgan fingerprint density at radius 2 is 1.70 bits per heavy atom. The largest absolute Gasteiger partial charge is 1.00 e. The topological polar surface area (TPSA) is 101 Å². The van der Waals surface area contributed by atoms with Crippen molar-refractivity contribution in [1.29, 1.82) is 0 Å². The van der Waals surface area contributed by atoms with Crippen molar-refractivity contribution < 1.29 is 32.3 Å². The summed E-state index contributed by atoms with van der Waals surface area (Å²) in [5.41, 5.74) is 8.59. The fraction of sp³-hybridized carbons (Fsp3) is 0.438. The van der Waals surface area contributed by atoms with E-state index in [9.17, 15) is 4.79 Å². The number of carboxylic acid groups (broad SMARTS) is 1. The third kappa shape index (κ3) is 8.54. The second-order valence-electron chi connectivity index (χ2n) is 5.12. The van der Waals surface area contributed by atoms with E-state index in [1.807, 2.05) is 0 Å². The minimum absolute atomic E-state index is 0. The van der Waals surface area contributed by atoms with E-state index in [4.69, 9.17) is 16.7 Å². The molecule has 0 heterocycles. The van der Waals surface area contributed by atoms with Crippen LogP contribution in [0, 0.1) is 6.20 Å². The van der Waals surface area contributed by atoms with Crippen LogP contribution in [0.5, 0.6) is 0 Å². The van der Waals surface area contributed by atoms with Crippen molar-refractivity contribution in [2.45, 2.75) is 20.8 Å². The summed E-state index contributed by atoms with van der Waals surface area (Å²) in [4.78, 5) is 10.6. The van der Waals surface area contributed by atoms with E-state index in [1.54, 1.807) is 12.1 Å². The van der Waals surface area contributed by atoms with Gasteiger partial charge in [0.15, 0.2) is 0 Å². The Labute approximate surface area is 155 Å². The van der Waals surface area contributed by atoms with E-state index < -0.39 is 13.2 Å². The average Bonchev–Trinajstić information content (AvgIpc) is 2.56. The fourth-order valence-electron chi connectivity index (χ4n) is 1.69. The van der Waals surface area contributed by atoms with Crippen molar-refractivity contribution in [2.75, 3.05) is 25.2 Å². The van der Waals surface area contributed by atoms with Crippen molar-refractivity contribution in [3.8, 4) is 0 Å². The Morgan fingerprint density at radius 1 is 1.22 bits per heavy atom. The van der Waals surface area contributed by atoms with E-state index in [0.29, 0.717) is 11.3 Å². The first-order valence-electron chi connectivity index (χ1n) is 7.34. The molecule has 0 saturated heterocycles. The monoisotopic (exact) mass is 522 g/mol. The molecule has 1 aromatic rings. The SMILES string of the molecule is CC[P+](C)(CC)CC.N[C-]=C(NN)c1cccc(C(=O)O)c1.[Au+]. The third-order valence-corrected chi connectivity index (χ3v) is 8.56. The van der Waals surface area contributed by atoms with Gasteiger partial charge in [-0.05, 0) is 20.8 Å². The summed E-state index contributed by atoms with van der Waals surface area (Å²) >= 11 is 0. The fourth-order valence-corrected chi connectivity index (χ4v) is 3.03. The molecule has 0 aliphatic heterocycles. The van der Waals surface area contributed by atoms with Crippen LogP contribution in [0.3, 0.4) is 0 Å². The molecule has 0 aliphatic carbocycles. The maximum Gasteiger partial charge on any atom is 1.00 e. The molecule has 7 heteroatoms. The Kier molecular flexibility index (Phi) is 13.3. The predicted molar refractivity (Wildman–Crippen MR) is 96.0 cm³/mol. The van der Waals surface area contributed by atoms with Gasteiger partial charge in [-0.25, -0.2) is 4.79 Å². The molecule has 0 aliphatic rings. The first-order chi connectivity index (χ1) is 10.4. The summed E-state index contributed by atoms with van der Waals surface area (Å²) in [5, 5.41) is 8.72. The second kappa shape index (κ2) is 12.6. The van der Waals surface area contributed by atoms with Crippen molar-refractivity contribution in [3.05, 3.63) is 41.6 Å². The molecule has 0 radical (unpaired) electrons. The van der Waals surface area contributed by atoms with Crippen LogP contribution < -0.4 is 17.0 Å². The van der Waals surface area contributed by atoms with Gasteiger partial charge in [0, 0.05) is 19.5 Å².